The van der Waals surface area contributed by atoms with Crippen molar-refractivity contribution in [1.82, 2.24) is 58.4 Å². The van der Waals surface area contributed by atoms with E-state index in [9.17, 15) is 3.40 Å². The van der Waals surface area contributed by atoms with Gasteiger partial charge in [0.1, 0.15) is 39.2 Å². The molecule has 0 fully saturated rings. The van der Waals surface area contributed by atoms with Gasteiger partial charge in [-0.25, -0.2) is 24.3 Å². The zero-order valence-corrected chi connectivity index (χ0v) is 77.9. The third kappa shape index (κ3) is 20.5. The number of nitrogens with one attached hydrogen (secondary N) is 1. The molecule has 9 aromatic carbocycles. The van der Waals surface area contributed by atoms with Crippen LogP contribution in [0.15, 0.2) is 263 Å². The first-order valence-corrected chi connectivity index (χ1v) is 42.8. The number of aromatic amines is 1. The van der Waals surface area contributed by atoms with Crippen molar-refractivity contribution in [1.29, 1.82) is 0 Å². The molecule has 0 amide bonds. The van der Waals surface area contributed by atoms with Crippen LogP contribution in [0.1, 0.15) is 140 Å². The van der Waals surface area contributed by atoms with Gasteiger partial charge in [0, 0.05) is 104 Å². The Hall–Kier alpha value is -11.7. The minimum atomic E-state index is -1.12. The van der Waals surface area contributed by atoms with E-state index in [1.165, 1.54) is 38.2 Å². The van der Waals surface area contributed by atoms with Crippen LogP contribution in [0.25, 0.3) is 94.1 Å². The molecule has 9 heterocycles. The normalized spacial score (nSPS) is 11.7. The number of benzene rings is 9. The average Bonchev–Trinajstić information content (AvgIpc) is 1.56. The first kappa shape index (κ1) is 87.1. The fraction of sp³-hybridized carbons (Fsp3) is 0.228. The fourth-order valence-electron chi connectivity index (χ4n) is 14.5. The van der Waals surface area contributed by atoms with Crippen LogP contribution in [0.2, 0.25) is 0 Å². The summed E-state index contributed by atoms with van der Waals surface area (Å²) >= 11 is 2.23. The molecule has 0 radical (unpaired) electrons. The molecule has 9 aromatic heterocycles. The van der Waals surface area contributed by atoms with Crippen molar-refractivity contribution < 1.29 is 57.0 Å². The predicted molar refractivity (Wildman–Crippen MR) is 486 cm³/mol. The summed E-state index contributed by atoms with van der Waals surface area (Å²) in [5.74, 6) is 6.14. The maximum Gasteiger partial charge on any atom is 2.00 e. The summed E-state index contributed by atoms with van der Waals surface area (Å²) in [4.78, 5) is 17.3. The molecule has 20 heteroatoms. The van der Waals surface area contributed by atoms with Crippen LogP contribution < -0.4 is 14.2 Å². The number of fused-ring (bicyclic) bond motifs is 9. The first-order valence-electron chi connectivity index (χ1n) is 40.1. The molecule has 0 aliphatic carbocycles. The summed E-state index contributed by atoms with van der Waals surface area (Å²) in [5.41, 5.74) is 20.4. The Morgan fingerprint density at radius 1 is 0.388 bits per heavy atom. The van der Waals surface area contributed by atoms with Crippen molar-refractivity contribution in [3.8, 4) is 63.2 Å². The van der Waals surface area contributed by atoms with Gasteiger partial charge in [0.05, 0.1) is 45.0 Å². The van der Waals surface area contributed by atoms with Gasteiger partial charge >= 0.3 is 72.6 Å². The van der Waals surface area contributed by atoms with Gasteiger partial charge in [0.25, 0.3) is 0 Å². The molecular formula is C101H100BrN13O4Pt2. The van der Waals surface area contributed by atoms with E-state index in [1.54, 1.807) is 0 Å². The van der Waals surface area contributed by atoms with Crippen LogP contribution in [0.4, 0.5) is 0 Å². The van der Waals surface area contributed by atoms with Gasteiger partial charge in [0.2, 0.25) is 0 Å². The quantitative estimate of drug-likeness (QED) is 0.0969. The number of aromatic nitrogens is 12. The van der Waals surface area contributed by atoms with Crippen molar-refractivity contribution in [2.24, 2.45) is 3.50 Å². The van der Waals surface area contributed by atoms with Crippen molar-refractivity contribution in [2.45, 2.75) is 153 Å². The molecule has 1 N–H and O–H groups in total. The number of rotatable bonds is 11. The number of ether oxygens (including phenoxy) is 3. The van der Waals surface area contributed by atoms with Gasteiger partial charge in [0.15, 0.2) is 0 Å². The number of aryl methyl sites for hydroxylation is 7. The Kier molecular flexibility index (Phi) is 26.2. The number of hydrogen-bond donors (Lipinski definition) is 1. The summed E-state index contributed by atoms with van der Waals surface area (Å²) in [6, 6.07) is 89.4. The van der Waals surface area contributed by atoms with E-state index in [4.69, 9.17) is 24.2 Å². The van der Waals surface area contributed by atoms with Crippen molar-refractivity contribution >= 4 is 81.3 Å². The van der Waals surface area contributed by atoms with E-state index in [1.807, 2.05) is 184 Å². The van der Waals surface area contributed by atoms with Crippen LogP contribution in [-0.2, 0) is 59.1 Å². The predicted octanol–water partition coefficient (Wildman–Crippen LogP) is 26.5. The number of H-pyrrole nitrogens is 1. The summed E-state index contributed by atoms with van der Waals surface area (Å²) in [6.45, 7) is 39.9. The number of nitrogens with zero attached hydrogens (tertiary/aromatic N) is 12. The number of hydrogen-bond acceptors (Lipinski definition) is 11. The minimum absolute atomic E-state index is 0. The zero-order valence-electron chi connectivity index (χ0n) is 71.8. The Balaban J connectivity index is 0.000000143. The molecule has 18 aromatic rings. The SMILES string of the molecule is CC(C)(C)[N]=[Pt]=[O].CC(C)(C)c1ccnc(Br)c1.Cc1cc(C(C)(C)C)cc(-n2c3[c-]c(Oc4[c-]c(-n5nc(C)cc5C)ccc4)ccc3c3ccccc32)n1.Cc1cc(C)n(-c2cccc(Oc3ccc4c(c3)[nH]c3ccccc34)c2)n1.Cc1cc(C)n(-c2cccc(Oc3ccc4c5ccccc5n(-c5cc(C(C)(C)C)ccn5)c4c3)c2)n1.[Pt+2]. The summed E-state index contributed by atoms with van der Waals surface area (Å²) in [6.07, 6.45) is 3.73. The second kappa shape index (κ2) is 36.3. The van der Waals surface area contributed by atoms with Crippen LogP contribution in [-0.4, -0.2) is 64.0 Å². The van der Waals surface area contributed by atoms with Gasteiger partial charge in [-0.3, -0.25) is 9.25 Å². The second-order valence-corrected chi connectivity index (χ2v) is 36.0. The summed E-state index contributed by atoms with van der Waals surface area (Å²) in [7, 11) is 0. The maximum absolute atomic E-state index is 9.89. The molecule has 0 bridgehead atoms. The summed E-state index contributed by atoms with van der Waals surface area (Å²) in [5, 5.41) is 20.8. The van der Waals surface area contributed by atoms with E-state index >= 15 is 0 Å². The van der Waals surface area contributed by atoms with E-state index in [2.05, 4.69) is 283 Å². The molecule has 620 valence electrons. The molecule has 0 aliphatic rings. The van der Waals surface area contributed by atoms with Gasteiger partial charge < -0.3 is 23.8 Å². The van der Waals surface area contributed by atoms with Gasteiger partial charge in [-0.2, -0.15) is 27.4 Å². The Morgan fingerprint density at radius 3 is 1.42 bits per heavy atom. The molecule has 0 saturated heterocycles. The Bertz CT molecular complexity index is 6850. The van der Waals surface area contributed by atoms with Crippen molar-refractivity contribution in [2.75, 3.05) is 0 Å². The third-order valence-electron chi connectivity index (χ3n) is 20.2. The molecule has 0 spiro atoms. The molecular weight excluding hydrogens is 1930 g/mol. The first-order chi connectivity index (χ1) is 57.2. The van der Waals surface area contributed by atoms with Crippen LogP contribution in [0.3, 0.4) is 0 Å². The zero-order chi connectivity index (χ0) is 85.1. The Morgan fingerprint density at radius 2 is 0.868 bits per heavy atom. The van der Waals surface area contributed by atoms with Crippen molar-refractivity contribution in [3.05, 3.63) is 328 Å². The molecule has 18 rings (SSSR count). The molecule has 0 saturated carbocycles. The second-order valence-electron chi connectivity index (χ2n) is 34.2. The number of halogens is 1. The van der Waals surface area contributed by atoms with E-state index < -0.39 is 18.3 Å². The molecule has 17 nitrogen and oxygen atoms in total. The maximum atomic E-state index is 9.89. The van der Waals surface area contributed by atoms with Crippen molar-refractivity contribution in [3.63, 3.8) is 0 Å². The Labute approximate surface area is 739 Å². The van der Waals surface area contributed by atoms with E-state index in [0.29, 0.717) is 11.5 Å². The monoisotopic (exact) mass is 2030 g/mol. The van der Waals surface area contributed by atoms with Crippen LogP contribution in [0.5, 0.6) is 34.5 Å². The number of para-hydroxylation sites is 3. The van der Waals surface area contributed by atoms with Crippen LogP contribution in [0, 0.1) is 60.6 Å². The minimum Gasteiger partial charge on any atom is -0.509 e. The van der Waals surface area contributed by atoms with E-state index in [-0.39, 0.29) is 42.8 Å². The molecule has 0 aliphatic heterocycles. The largest absolute Gasteiger partial charge is 2.00 e. The molecule has 121 heavy (non-hydrogen) atoms. The number of pyridine rings is 3. The topological polar surface area (TPSA) is 175 Å². The average molecular weight is 2030 g/mol. The smallest absolute Gasteiger partial charge is 0.509 e. The fourth-order valence-corrected chi connectivity index (χ4v) is 15.5. The van der Waals surface area contributed by atoms with Gasteiger partial charge in [-0.15, -0.1) is 35.7 Å². The third-order valence-corrected chi connectivity index (χ3v) is 22.4. The van der Waals surface area contributed by atoms with Gasteiger partial charge in [-0.1, -0.05) is 135 Å². The van der Waals surface area contributed by atoms with E-state index in [0.717, 1.165) is 140 Å². The summed E-state index contributed by atoms with van der Waals surface area (Å²) < 4.78 is 43.6. The molecule has 0 unspecified atom stereocenters. The molecule has 0 atom stereocenters. The van der Waals surface area contributed by atoms with Gasteiger partial charge in [-0.05, 0) is 230 Å². The standard InChI is InChI=1S/C33H30N4O.C32H30N4O.C23H19N3O.C9H12BrN.C4H9N.O.2Pt/c1-21-17-24(33(4,5)6)18-32(34-21)36-30-13-8-7-12-28(30)29-15-14-27(20-31(29)36)38-26-11-9-10-25(19-26)37-23(3)16-22(2)35-37;1-21-17-22(2)36(34-21)24-9-8-10-25(19-24)37-26-13-14-28-27-11-6-7-12-29(27)35(30(28)20-26)31-18-23(15-16-33-31)32(3,4)5;1-15-12-16(2)26(25-15)17-6-5-7-18(13-17)27-19-10-11-21-20-8-3-4-9-22(20)24-23(21)14-19;1-9(2,3)7-4-5-11-8(10)6-7;1-4(2,3)5;;;/h7-18H,1-6H3;6-20H,1-5H3;3-14,24H,1-2H3;4-6H,1-3H3;1-3H3;;;/q-2;;;;;;;+2. The van der Waals surface area contributed by atoms with Crippen LogP contribution >= 0.6 is 15.9 Å².